The fourth-order valence-electron chi connectivity index (χ4n) is 3.87. The molecule has 0 spiro atoms. The summed E-state index contributed by atoms with van der Waals surface area (Å²) >= 11 is 0. The van der Waals surface area contributed by atoms with Crippen LogP contribution >= 0.6 is 0 Å². The minimum atomic E-state index is -0.424. The zero-order valence-electron chi connectivity index (χ0n) is 18.0. The van der Waals surface area contributed by atoms with E-state index in [2.05, 4.69) is 45.3 Å². The van der Waals surface area contributed by atoms with E-state index in [0.717, 1.165) is 12.0 Å². The minimum Gasteiger partial charge on any atom is -0.379 e. The molecule has 0 saturated heterocycles. The van der Waals surface area contributed by atoms with E-state index in [0.29, 0.717) is 25.1 Å². The van der Waals surface area contributed by atoms with Crippen molar-refractivity contribution in [2.45, 2.75) is 65.0 Å². The molecule has 6 nitrogen and oxygen atoms in total. The van der Waals surface area contributed by atoms with Crippen LogP contribution in [0.25, 0.3) is 0 Å². The number of amides is 2. The van der Waals surface area contributed by atoms with Crippen LogP contribution < -0.4 is 16.4 Å². The summed E-state index contributed by atoms with van der Waals surface area (Å²) in [6.07, 6.45) is 1.15. The maximum absolute atomic E-state index is 12.1. The summed E-state index contributed by atoms with van der Waals surface area (Å²) in [6.45, 7) is 11.8. The number of carbonyl (C=O) groups excluding carboxylic acids is 2. The molecule has 0 aliphatic heterocycles. The van der Waals surface area contributed by atoms with E-state index in [-0.39, 0.29) is 28.9 Å². The second-order valence-corrected chi connectivity index (χ2v) is 9.46. The third kappa shape index (κ3) is 5.32. The Labute approximate surface area is 168 Å². The zero-order chi connectivity index (χ0) is 21.1. The van der Waals surface area contributed by atoms with Crippen molar-refractivity contribution in [2.75, 3.05) is 20.2 Å². The number of methoxy groups -OCH3 is 1. The predicted octanol–water partition coefficient (Wildman–Crippen LogP) is 2.14. The summed E-state index contributed by atoms with van der Waals surface area (Å²) in [4.78, 5) is 23.7. The van der Waals surface area contributed by atoms with E-state index in [1.807, 2.05) is 12.1 Å². The van der Waals surface area contributed by atoms with Crippen molar-refractivity contribution in [3.05, 3.63) is 34.9 Å². The van der Waals surface area contributed by atoms with Gasteiger partial charge in [0.1, 0.15) is 0 Å². The first-order valence-electron chi connectivity index (χ1n) is 9.92. The van der Waals surface area contributed by atoms with Crippen molar-refractivity contribution in [3.8, 4) is 0 Å². The Hall–Kier alpha value is -1.92. The lowest BCUT2D eigenvalue weighted by atomic mass is 9.67. The minimum absolute atomic E-state index is 0.0143. The molecule has 2 atom stereocenters. The summed E-state index contributed by atoms with van der Waals surface area (Å²) in [7, 11) is 1.72. The second kappa shape index (κ2) is 8.62. The van der Waals surface area contributed by atoms with E-state index in [4.69, 9.17) is 10.5 Å². The van der Waals surface area contributed by atoms with Crippen LogP contribution in [0.15, 0.2) is 18.2 Å². The van der Waals surface area contributed by atoms with Gasteiger partial charge in [0.25, 0.3) is 0 Å². The number of ether oxygens (including phenoxy) is 1. The van der Waals surface area contributed by atoms with Crippen molar-refractivity contribution in [2.24, 2.45) is 11.1 Å². The maximum Gasteiger partial charge on any atom is 0.248 e. The quantitative estimate of drug-likeness (QED) is 0.666. The van der Waals surface area contributed by atoms with Gasteiger partial charge < -0.3 is 21.1 Å². The molecule has 156 valence electrons. The van der Waals surface area contributed by atoms with Gasteiger partial charge in [-0.1, -0.05) is 40.7 Å². The molecule has 1 aromatic carbocycles. The molecule has 0 aromatic heterocycles. The number of nitrogens with one attached hydrogen (secondary N) is 2. The van der Waals surface area contributed by atoms with Gasteiger partial charge in [0.15, 0.2) is 0 Å². The van der Waals surface area contributed by atoms with Crippen LogP contribution in [-0.4, -0.2) is 44.2 Å². The number of carbonyl (C=O) groups is 2. The number of benzene rings is 1. The Bertz CT molecular complexity index is 722. The monoisotopic (exact) mass is 389 g/mol. The number of hydrogen-bond acceptors (Lipinski definition) is 4. The first-order chi connectivity index (χ1) is 13.0. The third-order valence-corrected chi connectivity index (χ3v) is 5.49. The first kappa shape index (κ1) is 22.4. The van der Waals surface area contributed by atoms with Crippen LogP contribution in [-0.2, 0) is 21.4 Å². The van der Waals surface area contributed by atoms with Crippen molar-refractivity contribution >= 4 is 11.8 Å². The molecule has 2 unspecified atom stereocenters. The number of rotatable bonds is 7. The van der Waals surface area contributed by atoms with Crippen molar-refractivity contribution in [3.63, 3.8) is 0 Å². The molecule has 1 aromatic rings. The summed E-state index contributed by atoms with van der Waals surface area (Å²) < 4.78 is 5.77. The first-order valence-corrected chi connectivity index (χ1v) is 9.92. The average molecular weight is 390 g/mol. The average Bonchev–Trinajstić information content (AvgIpc) is 2.60. The van der Waals surface area contributed by atoms with E-state index in [9.17, 15) is 9.59 Å². The molecule has 0 bridgehead atoms. The van der Waals surface area contributed by atoms with E-state index < -0.39 is 5.91 Å². The smallest absolute Gasteiger partial charge is 0.248 e. The summed E-state index contributed by atoms with van der Waals surface area (Å²) in [5.74, 6) is -0.381. The normalized spacial score (nSPS) is 21.1. The lowest BCUT2D eigenvalue weighted by Gasteiger charge is -2.45. The van der Waals surface area contributed by atoms with Crippen molar-refractivity contribution in [1.82, 2.24) is 10.6 Å². The van der Waals surface area contributed by atoms with Crippen molar-refractivity contribution in [1.29, 1.82) is 0 Å². The van der Waals surface area contributed by atoms with Gasteiger partial charge in [-0.3, -0.25) is 9.59 Å². The molecule has 1 aliphatic rings. The van der Waals surface area contributed by atoms with Gasteiger partial charge in [-0.2, -0.15) is 0 Å². The van der Waals surface area contributed by atoms with Gasteiger partial charge in [0.2, 0.25) is 11.8 Å². The molecule has 2 amide bonds. The molecule has 0 heterocycles. The number of nitrogens with two attached hydrogens (primary N) is 1. The zero-order valence-corrected chi connectivity index (χ0v) is 18.0. The van der Waals surface area contributed by atoms with E-state index in [1.54, 1.807) is 13.2 Å². The van der Waals surface area contributed by atoms with Crippen LogP contribution in [0.3, 0.4) is 0 Å². The van der Waals surface area contributed by atoms with Crippen molar-refractivity contribution < 1.29 is 14.3 Å². The molecule has 4 N–H and O–H groups in total. The highest BCUT2D eigenvalue weighted by molar-refractivity contribution is 5.93. The van der Waals surface area contributed by atoms with Gasteiger partial charge >= 0.3 is 0 Å². The van der Waals surface area contributed by atoms with Crippen LogP contribution in [0.4, 0.5) is 0 Å². The third-order valence-electron chi connectivity index (χ3n) is 5.49. The van der Waals surface area contributed by atoms with E-state index in [1.165, 1.54) is 5.56 Å². The largest absolute Gasteiger partial charge is 0.379 e. The van der Waals surface area contributed by atoms with Crippen LogP contribution in [0.2, 0.25) is 0 Å². The molecule has 0 saturated carbocycles. The Morgan fingerprint density at radius 3 is 2.54 bits per heavy atom. The summed E-state index contributed by atoms with van der Waals surface area (Å²) in [5.41, 5.74) is 8.05. The molecule has 0 radical (unpaired) electrons. The van der Waals surface area contributed by atoms with Gasteiger partial charge in [-0.05, 0) is 28.7 Å². The summed E-state index contributed by atoms with van der Waals surface area (Å²) in [6, 6.07) is 5.66. The molecule has 6 heteroatoms. The lowest BCUT2D eigenvalue weighted by Crippen LogP contribution is -2.57. The van der Waals surface area contributed by atoms with Crippen LogP contribution in [0.5, 0.6) is 0 Å². The fraction of sp³-hybridized carbons (Fsp3) is 0.636. The number of fused-ring (bicyclic) bond motifs is 1. The van der Waals surface area contributed by atoms with Crippen LogP contribution in [0, 0.1) is 5.41 Å². The van der Waals surface area contributed by atoms with Gasteiger partial charge in [0, 0.05) is 50.1 Å². The fourth-order valence-corrected chi connectivity index (χ4v) is 3.87. The predicted molar refractivity (Wildman–Crippen MR) is 111 cm³/mol. The Morgan fingerprint density at radius 1 is 1.29 bits per heavy atom. The Balaban J connectivity index is 2.09. The number of primary amides is 1. The molecular formula is C22H35N3O3. The SMILES string of the molecule is COC1Cc2ccc(C(N)=O)cc2C(C)(C)C1NCCC(=O)NCC(C)(C)C. The molecule has 0 fully saturated rings. The van der Waals surface area contributed by atoms with Crippen LogP contribution in [0.1, 0.15) is 62.5 Å². The second-order valence-electron chi connectivity index (χ2n) is 9.46. The van der Waals surface area contributed by atoms with E-state index >= 15 is 0 Å². The molecule has 2 rings (SSSR count). The highest BCUT2D eigenvalue weighted by Gasteiger charge is 2.42. The topological polar surface area (TPSA) is 93.4 Å². The molecular weight excluding hydrogens is 354 g/mol. The van der Waals surface area contributed by atoms with Gasteiger partial charge in [-0.25, -0.2) is 0 Å². The Kier molecular flexibility index (Phi) is 6.88. The van der Waals surface area contributed by atoms with Gasteiger partial charge in [0.05, 0.1) is 6.10 Å². The summed E-state index contributed by atoms with van der Waals surface area (Å²) in [5, 5.41) is 6.51. The Morgan fingerprint density at radius 2 is 1.96 bits per heavy atom. The van der Waals surface area contributed by atoms with Gasteiger partial charge in [-0.15, -0.1) is 0 Å². The maximum atomic E-state index is 12.1. The number of hydrogen-bond donors (Lipinski definition) is 3. The molecule has 28 heavy (non-hydrogen) atoms. The molecule has 1 aliphatic carbocycles. The highest BCUT2D eigenvalue weighted by atomic mass is 16.5. The highest BCUT2D eigenvalue weighted by Crippen LogP contribution is 2.38. The standard InChI is InChI=1S/C22H35N3O3/c1-21(2,3)13-25-18(26)9-10-24-19-17(28-6)12-14-7-8-15(20(23)27)11-16(14)22(19,4)5/h7-8,11,17,19,24H,9-10,12-13H2,1-6H3,(H2,23,27)(H,25,26). The lowest BCUT2D eigenvalue weighted by molar-refractivity contribution is -0.121.